The first-order chi connectivity index (χ1) is 12.8. The van der Waals surface area contributed by atoms with Crippen molar-refractivity contribution in [2.75, 3.05) is 18.4 Å². The van der Waals surface area contributed by atoms with E-state index in [0.717, 1.165) is 6.42 Å². The number of H-pyrrole nitrogens is 1. The van der Waals surface area contributed by atoms with E-state index in [0.29, 0.717) is 36.2 Å². The van der Waals surface area contributed by atoms with Crippen LogP contribution in [0.25, 0.3) is 0 Å². The Morgan fingerprint density at radius 1 is 1.07 bits per heavy atom. The smallest absolute Gasteiger partial charge is 0.257 e. The highest BCUT2D eigenvalue weighted by atomic mass is 32.2. The van der Waals surface area contributed by atoms with Crippen LogP contribution in [0, 0.1) is 11.8 Å². The fraction of sp³-hybridized carbons (Fsp3) is 0.368. The van der Waals surface area contributed by atoms with E-state index in [1.54, 1.807) is 16.4 Å². The third kappa shape index (κ3) is 4.45. The first-order valence-electron chi connectivity index (χ1n) is 8.86. The van der Waals surface area contributed by atoms with Crippen molar-refractivity contribution in [2.24, 2.45) is 11.8 Å². The number of pyridine rings is 1. The van der Waals surface area contributed by atoms with Gasteiger partial charge in [0.1, 0.15) is 0 Å². The first kappa shape index (κ1) is 19.3. The Hall–Kier alpha value is -2.45. The Morgan fingerprint density at radius 3 is 2.26 bits per heavy atom. The summed E-state index contributed by atoms with van der Waals surface area (Å²) in [5.74, 6) is 0.277. The van der Waals surface area contributed by atoms with Gasteiger partial charge in [-0.3, -0.25) is 9.59 Å². The highest BCUT2D eigenvalue weighted by Gasteiger charge is 2.31. The van der Waals surface area contributed by atoms with Crippen LogP contribution < -0.4 is 10.9 Å². The summed E-state index contributed by atoms with van der Waals surface area (Å²) in [7, 11) is -3.55. The molecule has 27 heavy (non-hydrogen) atoms. The second-order valence-electron chi connectivity index (χ2n) is 7.19. The lowest BCUT2D eigenvalue weighted by atomic mass is 9.94. The Morgan fingerprint density at radius 2 is 1.70 bits per heavy atom. The average Bonchev–Trinajstić information content (AvgIpc) is 2.62. The number of rotatable bonds is 4. The molecule has 0 spiro atoms. The Labute approximate surface area is 158 Å². The van der Waals surface area contributed by atoms with Gasteiger partial charge in [-0.25, -0.2) is 8.42 Å². The number of hydrogen-bond acceptors (Lipinski definition) is 4. The van der Waals surface area contributed by atoms with Crippen molar-refractivity contribution in [3.63, 3.8) is 0 Å². The SMILES string of the molecule is C[C@@H]1C[C@@H](C)CN(S(=O)(=O)c2ccc(NC(=O)c3ccc(=O)[nH]c3)cc2)C1. The van der Waals surface area contributed by atoms with Gasteiger partial charge >= 0.3 is 0 Å². The van der Waals surface area contributed by atoms with Gasteiger partial charge in [-0.1, -0.05) is 13.8 Å². The third-order valence-electron chi connectivity index (χ3n) is 4.63. The van der Waals surface area contributed by atoms with Gasteiger partial charge in [0.05, 0.1) is 10.5 Å². The highest BCUT2D eigenvalue weighted by Crippen LogP contribution is 2.27. The third-order valence-corrected chi connectivity index (χ3v) is 6.48. The van der Waals surface area contributed by atoms with Crippen LogP contribution >= 0.6 is 0 Å². The average molecular weight is 389 g/mol. The molecule has 7 nitrogen and oxygen atoms in total. The number of amides is 1. The zero-order valence-corrected chi connectivity index (χ0v) is 16.1. The van der Waals surface area contributed by atoms with E-state index in [1.165, 1.54) is 30.5 Å². The molecule has 2 heterocycles. The van der Waals surface area contributed by atoms with Crippen LogP contribution in [0.3, 0.4) is 0 Å². The van der Waals surface area contributed by atoms with E-state index in [2.05, 4.69) is 24.1 Å². The number of carbonyl (C=O) groups excluding carboxylic acids is 1. The van der Waals surface area contributed by atoms with Crippen molar-refractivity contribution in [2.45, 2.75) is 25.2 Å². The number of aromatic amines is 1. The Kier molecular flexibility index (Phi) is 5.48. The van der Waals surface area contributed by atoms with Crippen molar-refractivity contribution in [3.8, 4) is 0 Å². The van der Waals surface area contributed by atoms with Crippen molar-refractivity contribution in [1.82, 2.24) is 9.29 Å². The summed E-state index contributed by atoms with van der Waals surface area (Å²) in [6, 6.07) is 8.82. The van der Waals surface area contributed by atoms with Gasteiger partial charge < -0.3 is 10.3 Å². The molecule has 3 rings (SSSR count). The summed E-state index contributed by atoms with van der Waals surface area (Å²) in [5.41, 5.74) is 0.496. The van der Waals surface area contributed by atoms with Gasteiger partial charge in [0.15, 0.2) is 0 Å². The van der Waals surface area contributed by atoms with E-state index >= 15 is 0 Å². The molecule has 2 aromatic rings. The number of nitrogens with one attached hydrogen (secondary N) is 2. The predicted molar refractivity (Wildman–Crippen MR) is 103 cm³/mol. The van der Waals surface area contributed by atoms with Crippen molar-refractivity contribution in [3.05, 3.63) is 58.5 Å². The molecule has 1 saturated heterocycles. The minimum absolute atomic E-state index is 0.214. The summed E-state index contributed by atoms with van der Waals surface area (Å²) in [6.45, 7) is 5.18. The monoisotopic (exact) mass is 389 g/mol. The van der Waals surface area contributed by atoms with E-state index in [1.807, 2.05) is 0 Å². The molecule has 0 unspecified atom stereocenters. The number of benzene rings is 1. The number of aromatic nitrogens is 1. The zero-order chi connectivity index (χ0) is 19.6. The fourth-order valence-corrected chi connectivity index (χ4v) is 5.10. The lowest BCUT2D eigenvalue weighted by Crippen LogP contribution is -2.42. The molecule has 2 N–H and O–H groups in total. The molecule has 144 valence electrons. The second kappa shape index (κ2) is 7.66. The molecule has 0 saturated carbocycles. The Balaban J connectivity index is 1.73. The summed E-state index contributed by atoms with van der Waals surface area (Å²) >= 11 is 0. The van der Waals surface area contributed by atoms with Crippen molar-refractivity contribution >= 4 is 21.6 Å². The summed E-state index contributed by atoms with van der Waals surface area (Å²) in [6.07, 6.45) is 2.36. The van der Waals surface area contributed by atoms with Crippen LogP contribution in [0.4, 0.5) is 5.69 Å². The van der Waals surface area contributed by atoms with Gasteiger partial charge in [0, 0.05) is 31.0 Å². The number of nitrogens with zero attached hydrogens (tertiary/aromatic N) is 1. The molecular weight excluding hydrogens is 366 g/mol. The Bertz CT molecular complexity index is 952. The molecule has 0 aliphatic carbocycles. The second-order valence-corrected chi connectivity index (χ2v) is 9.13. The van der Waals surface area contributed by atoms with Gasteiger partial charge in [0.25, 0.3) is 5.91 Å². The van der Waals surface area contributed by atoms with Gasteiger partial charge in [0.2, 0.25) is 15.6 Å². The van der Waals surface area contributed by atoms with Gasteiger partial charge in [-0.05, 0) is 48.6 Å². The number of anilines is 1. The summed E-state index contributed by atoms with van der Waals surface area (Å²) < 4.78 is 27.3. The van der Waals surface area contributed by atoms with Crippen LogP contribution in [-0.4, -0.2) is 36.7 Å². The summed E-state index contributed by atoms with van der Waals surface area (Å²) in [4.78, 5) is 25.9. The van der Waals surface area contributed by atoms with Crippen LogP contribution in [0.2, 0.25) is 0 Å². The van der Waals surface area contributed by atoms with Gasteiger partial charge in [-0.15, -0.1) is 0 Å². The summed E-state index contributed by atoms with van der Waals surface area (Å²) in [5, 5.41) is 2.68. The number of carbonyl (C=O) groups is 1. The fourth-order valence-electron chi connectivity index (χ4n) is 3.42. The minimum Gasteiger partial charge on any atom is -0.328 e. The van der Waals surface area contributed by atoms with Crippen LogP contribution in [0.1, 0.15) is 30.6 Å². The number of hydrogen-bond donors (Lipinski definition) is 2. The standard InChI is InChI=1S/C19H23N3O4S/c1-13-9-14(2)12-22(11-13)27(25,26)17-6-4-16(5-7-17)21-19(24)15-3-8-18(23)20-10-15/h3-8,10,13-14H,9,11-12H2,1-2H3,(H,20,23)(H,21,24)/t13-,14-/m1/s1. The first-order valence-corrected chi connectivity index (χ1v) is 10.3. The zero-order valence-electron chi connectivity index (χ0n) is 15.3. The highest BCUT2D eigenvalue weighted by molar-refractivity contribution is 7.89. The molecular formula is C19H23N3O4S. The van der Waals surface area contributed by atoms with Gasteiger partial charge in [-0.2, -0.15) is 4.31 Å². The van der Waals surface area contributed by atoms with Crippen LogP contribution in [0.5, 0.6) is 0 Å². The normalized spacial score (nSPS) is 21.0. The molecule has 0 bridgehead atoms. The lowest BCUT2D eigenvalue weighted by molar-refractivity contribution is 0.102. The van der Waals surface area contributed by atoms with Crippen LogP contribution in [-0.2, 0) is 10.0 Å². The minimum atomic E-state index is -3.55. The maximum atomic E-state index is 12.9. The maximum absolute atomic E-state index is 12.9. The van der Waals surface area contributed by atoms with E-state index in [-0.39, 0.29) is 16.4 Å². The predicted octanol–water partition coefficient (Wildman–Crippen LogP) is 2.29. The quantitative estimate of drug-likeness (QED) is 0.838. The molecule has 1 aromatic carbocycles. The number of sulfonamides is 1. The maximum Gasteiger partial charge on any atom is 0.257 e. The molecule has 0 radical (unpaired) electrons. The molecule has 2 atom stereocenters. The van der Waals surface area contributed by atoms with Crippen molar-refractivity contribution in [1.29, 1.82) is 0 Å². The topological polar surface area (TPSA) is 99.3 Å². The number of piperidine rings is 1. The molecule has 1 fully saturated rings. The van der Waals surface area contributed by atoms with E-state index < -0.39 is 10.0 Å². The largest absolute Gasteiger partial charge is 0.328 e. The molecule has 1 aliphatic heterocycles. The lowest BCUT2D eigenvalue weighted by Gasteiger charge is -2.34. The van der Waals surface area contributed by atoms with E-state index in [4.69, 9.17) is 0 Å². The van der Waals surface area contributed by atoms with Crippen molar-refractivity contribution < 1.29 is 13.2 Å². The molecule has 1 aliphatic rings. The molecule has 8 heteroatoms. The van der Waals surface area contributed by atoms with E-state index in [9.17, 15) is 18.0 Å². The molecule has 1 aromatic heterocycles. The van der Waals surface area contributed by atoms with Crippen LogP contribution in [0.15, 0.2) is 52.3 Å². The molecule has 1 amide bonds.